The van der Waals surface area contributed by atoms with E-state index >= 15 is 0 Å². The fourth-order valence-corrected chi connectivity index (χ4v) is 3.63. The first-order valence-electron chi connectivity index (χ1n) is 7.87. The maximum atomic E-state index is 12.1. The Morgan fingerprint density at radius 3 is 2.43 bits per heavy atom. The monoisotopic (exact) mass is 340 g/mol. The number of carbonyl (C=O) groups excluding carboxylic acids is 1. The number of rotatable bonds is 6. The Kier molecular flexibility index (Phi) is 6.01. The minimum Gasteiger partial charge on any atom is -0.508 e. The maximum Gasteiger partial charge on any atom is 0.223 e. The number of nitrogens with one attached hydrogen (secondary N) is 1. The average molecular weight is 340 g/mol. The number of hydrogen-bond donors (Lipinski definition) is 2. The number of nitrogens with zero attached hydrogens (tertiary/aromatic N) is 1. The van der Waals surface area contributed by atoms with E-state index in [4.69, 9.17) is 0 Å². The van der Waals surface area contributed by atoms with E-state index in [1.165, 1.54) is 10.6 Å². The topological polar surface area (TPSA) is 86.7 Å². The Balaban J connectivity index is 1.67. The van der Waals surface area contributed by atoms with Crippen LogP contribution in [0.15, 0.2) is 24.3 Å². The molecule has 0 radical (unpaired) electrons. The largest absolute Gasteiger partial charge is 0.508 e. The lowest BCUT2D eigenvalue weighted by Gasteiger charge is -2.29. The van der Waals surface area contributed by atoms with Crippen LogP contribution in [-0.2, 0) is 21.2 Å². The summed E-state index contributed by atoms with van der Waals surface area (Å²) in [5.74, 6) is 0.174. The molecule has 1 saturated heterocycles. The van der Waals surface area contributed by atoms with Gasteiger partial charge in [-0.1, -0.05) is 12.1 Å². The molecule has 6 nitrogen and oxygen atoms in total. The van der Waals surface area contributed by atoms with Gasteiger partial charge in [-0.15, -0.1) is 0 Å². The number of amides is 1. The molecule has 1 aromatic rings. The highest BCUT2D eigenvalue weighted by molar-refractivity contribution is 7.88. The quantitative estimate of drug-likeness (QED) is 0.760. The van der Waals surface area contributed by atoms with E-state index < -0.39 is 10.0 Å². The van der Waals surface area contributed by atoms with Gasteiger partial charge in [0, 0.05) is 25.6 Å². The summed E-state index contributed by atoms with van der Waals surface area (Å²) in [5, 5.41) is 12.1. The van der Waals surface area contributed by atoms with E-state index in [2.05, 4.69) is 5.32 Å². The summed E-state index contributed by atoms with van der Waals surface area (Å²) >= 11 is 0. The van der Waals surface area contributed by atoms with Crippen molar-refractivity contribution >= 4 is 15.9 Å². The molecule has 0 saturated carbocycles. The molecule has 0 atom stereocenters. The molecule has 1 aromatic carbocycles. The summed E-state index contributed by atoms with van der Waals surface area (Å²) in [6.07, 6.45) is 4.04. The van der Waals surface area contributed by atoms with E-state index in [1.807, 2.05) is 12.1 Å². The van der Waals surface area contributed by atoms with Crippen LogP contribution in [0.4, 0.5) is 0 Å². The van der Waals surface area contributed by atoms with Crippen LogP contribution in [-0.4, -0.2) is 49.6 Å². The van der Waals surface area contributed by atoms with Crippen LogP contribution in [0, 0.1) is 5.92 Å². The number of aryl methyl sites for hydroxylation is 1. The second kappa shape index (κ2) is 7.79. The molecular weight excluding hydrogens is 316 g/mol. The Morgan fingerprint density at radius 1 is 1.26 bits per heavy atom. The SMILES string of the molecule is CS(=O)(=O)N1CCC(C(=O)NCCCc2ccc(O)cc2)CC1. The Labute approximate surface area is 137 Å². The van der Waals surface area contributed by atoms with Crippen molar-refractivity contribution in [3.63, 3.8) is 0 Å². The van der Waals surface area contributed by atoms with Crippen LogP contribution in [0.25, 0.3) is 0 Å². The zero-order chi connectivity index (χ0) is 16.9. The van der Waals surface area contributed by atoms with Crippen molar-refractivity contribution in [2.75, 3.05) is 25.9 Å². The predicted octanol–water partition coefficient (Wildman–Crippen LogP) is 1.11. The third-order valence-corrected chi connectivity index (χ3v) is 5.47. The van der Waals surface area contributed by atoms with Gasteiger partial charge in [0.15, 0.2) is 0 Å². The number of benzene rings is 1. The van der Waals surface area contributed by atoms with Crippen LogP contribution < -0.4 is 5.32 Å². The van der Waals surface area contributed by atoms with Gasteiger partial charge in [0.1, 0.15) is 5.75 Å². The minimum absolute atomic E-state index is 0.0175. The minimum atomic E-state index is -3.15. The van der Waals surface area contributed by atoms with Crippen molar-refractivity contribution in [2.24, 2.45) is 5.92 Å². The fraction of sp³-hybridized carbons (Fsp3) is 0.562. The van der Waals surface area contributed by atoms with Crippen molar-refractivity contribution in [1.82, 2.24) is 9.62 Å². The van der Waals surface area contributed by atoms with Gasteiger partial charge in [0.25, 0.3) is 0 Å². The van der Waals surface area contributed by atoms with E-state index in [0.29, 0.717) is 32.5 Å². The molecule has 23 heavy (non-hydrogen) atoms. The van der Waals surface area contributed by atoms with Gasteiger partial charge in [0.2, 0.25) is 15.9 Å². The number of phenols is 1. The van der Waals surface area contributed by atoms with E-state index in [0.717, 1.165) is 18.4 Å². The highest BCUT2D eigenvalue weighted by Gasteiger charge is 2.28. The standard InChI is InChI=1S/C16H24N2O4S/c1-23(21,22)18-11-8-14(9-12-18)16(20)17-10-2-3-13-4-6-15(19)7-5-13/h4-7,14,19H,2-3,8-12H2,1H3,(H,17,20). The van der Waals surface area contributed by atoms with Crippen LogP contribution in [0.2, 0.25) is 0 Å². The lowest BCUT2D eigenvalue weighted by atomic mass is 9.97. The molecular formula is C16H24N2O4S. The molecule has 1 heterocycles. The molecule has 2 N–H and O–H groups in total. The first-order chi connectivity index (χ1) is 10.9. The fourth-order valence-electron chi connectivity index (χ4n) is 2.76. The number of carbonyl (C=O) groups is 1. The number of hydrogen-bond acceptors (Lipinski definition) is 4. The highest BCUT2D eigenvalue weighted by Crippen LogP contribution is 2.19. The Hall–Kier alpha value is -1.60. The normalized spacial score (nSPS) is 17.1. The van der Waals surface area contributed by atoms with E-state index in [-0.39, 0.29) is 17.6 Å². The summed E-state index contributed by atoms with van der Waals surface area (Å²) in [6, 6.07) is 7.06. The molecule has 1 fully saturated rings. The van der Waals surface area contributed by atoms with Crippen molar-refractivity contribution in [3.8, 4) is 5.75 Å². The molecule has 0 unspecified atom stereocenters. The summed E-state index contributed by atoms with van der Waals surface area (Å²) in [6.45, 7) is 1.45. The maximum absolute atomic E-state index is 12.1. The van der Waals surface area contributed by atoms with Crippen molar-refractivity contribution < 1.29 is 18.3 Å². The zero-order valence-corrected chi connectivity index (χ0v) is 14.2. The van der Waals surface area contributed by atoms with Gasteiger partial charge >= 0.3 is 0 Å². The van der Waals surface area contributed by atoms with Gasteiger partial charge < -0.3 is 10.4 Å². The molecule has 0 aromatic heterocycles. The highest BCUT2D eigenvalue weighted by atomic mass is 32.2. The molecule has 1 amide bonds. The van der Waals surface area contributed by atoms with Gasteiger partial charge in [-0.05, 0) is 43.4 Å². The van der Waals surface area contributed by atoms with Gasteiger partial charge in [-0.2, -0.15) is 0 Å². The molecule has 128 valence electrons. The van der Waals surface area contributed by atoms with Gasteiger partial charge in [0.05, 0.1) is 6.26 Å². The summed E-state index contributed by atoms with van der Waals surface area (Å²) in [5.41, 5.74) is 1.12. The molecule has 2 rings (SSSR count). The van der Waals surface area contributed by atoms with Crippen LogP contribution >= 0.6 is 0 Å². The van der Waals surface area contributed by atoms with Gasteiger partial charge in [-0.25, -0.2) is 12.7 Å². The molecule has 1 aliphatic rings. The third-order valence-electron chi connectivity index (χ3n) is 4.17. The summed E-state index contributed by atoms with van der Waals surface area (Å²) in [7, 11) is -3.15. The summed E-state index contributed by atoms with van der Waals surface area (Å²) in [4.78, 5) is 12.1. The number of piperidine rings is 1. The third kappa shape index (κ3) is 5.51. The van der Waals surface area contributed by atoms with E-state index in [9.17, 15) is 18.3 Å². The molecule has 7 heteroatoms. The predicted molar refractivity (Wildman–Crippen MR) is 88.6 cm³/mol. The van der Waals surface area contributed by atoms with E-state index in [1.54, 1.807) is 12.1 Å². The van der Waals surface area contributed by atoms with Crippen molar-refractivity contribution in [1.29, 1.82) is 0 Å². The van der Waals surface area contributed by atoms with Crippen LogP contribution in [0.5, 0.6) is 5.75 Å². The van der Waals surface area contributed by atoms with Crippen LogP contribution in [0.3, 0.4) is 0 Å². The molecule has 0 bridgehead atoms. The smallest absolute Gasteiger partial charge is 0.223 e. The zero-order valence-electron chi connectivity index (χ0n) is 13.4. The lowest BCUT2D eigenvalue weighted by Crippen LogP contribution is -2.42. The first kappa shape index (κ1) is 17.7. The second-order valence-corrected chi connectivity index (χ2v) is 7.98. The Bertz CT molecular complexity index is 620. The number of phenolic OH excluding ortho intramolecular Hbond substituents is 1. The van der Waals surface area contributed by atoms with Crippen molar-refractivity contribution in [3.05, 3.63) is 29.8 Å². The van der Waals surface area contributed by atoms with Crippen molar-refractivity contribution in [2.45, 2.75) is 25.7 Å². The lowest BCUT2D eigenvalue weighted by molar-refractivity contribution is -0.126. The Morgan fingerprint density at radius 2 is 1.87 bits per heavy atom. The number of aromatic hydroxyl groups is 1. The second-order valence-electron chi connectivity index (χ2n) is 6.00. The first-order valence-corrected chi connectivity index (χ1v) is 9.72. The number of sulfonamides is 1. The molecule has 1 aliphatic heterocycles. The summed E-state index contributed by atoms with van der Waals surface area (Å²) < 4.78 is 24.3. The van der Waals surface area contributed by atoms with Gasteiger partial charge in [-0.3, -0.25) is 4.79 Å². The van der Waals surface area contributed by atoms with Crippen LogP contribution in [0.1, 0.15) is 24.8 Å². The molecule has 0 aliphatic carbocycles. The molecule has 0 spiro atoms. The average Bonchev–Trinajstić information content (AvgIpc) is 2.52.